The largest absolute Gasteiger partial charge is 0.460 e. The van der Waals surface area contributed by atoms with Gasteiger partial charge in [0.1, 0.15) is 12.9 Å². The number of esters is 1. The lowest BCUT2D eigenvalue weighted by atomic mass is 10.4. The second-order valence-electron chi connectivity index (χ2n) is 2.53. The van der Waals surface area contributed by atoms with E-state index in [1.54, 1.807) is 0 Å². The zero-order valence-corrected chi connectivity index (χ0v) is 7.91. The summed E-state index contributed by atoms with van der Waals surface area (Å²) in [6, 6.07) is 0. The first-order valence-electron chi connectivity index (χ1n) is 4.28. The minimum absolute atomic E-state index is 0.0229. The third kappa shape index (κ3) is 2.49. The van der Waals surface area contributed by atoms with Crippen LogP contribution in [0.25, 0.3) is 0 Å². The lowest BCUT2D eigenvalue weighted by Gasteiger charge is -2.11. The highest BCUT2D eigenvalue weighted by molar-refractivity contribution is 7.16. The predicted molar refractivity (Wildman–Crippen MR) is 46.6 cm³/mol. The van der Waals surface area contributed by atoms with Crippen LogP contribution >= 0.6 is 9.18 Å². The first-order chi connectivity index (χ1) is 6.65. The summed E-state index contributed by atoms with van der Waals surface area (Å²) in [6.45, 7) is -0.317. The van der Waals surface area contributed by atoms with Crippen molar-refractivity contribution in [3.05, 3.63) is 0 Å². The number of rotatable bonds is 4. The number of hydrogen-bond acceptors (Lipinski definition) is 4. The Balaban J connectivity index is 2.39. The molecule has 6 heteroatoms. The van der Waals surface area contributed by atoms with E-state index in [1.165, 1.54) is 0 Å². The SMILES string of the molecule is [3H]PCOC(=O)CN1C(=O)CCC1=O. The van der Waals surface area contributed by atoms with E-state index in [9.17, 15) is 14.4 Å². The molecule has 0 aromatic carbocycles. The molecular weight excluding hydrogens is 193 g/mol. The summed E-state index contributed by atoms with van der Waals surface area (Å²) < 4.78 is 11.4. The highest BCUT2D eigenvalue weighted by Gasteiger charge is 2.30. The van der Waals surface area contributed by atoms with Crippen LogP contribution in [-0.2, 0) is 19.1 Å². The Labute approximate surface area is 78.9 Å². The molecule has 2 amide bonds. The second-order valence-corrected chi connectivity index (χ2v) is 2.82. The maximum absolute atomic E-state index is 11.1. The van der Waals surface area contributed by atoms with E-state index in [0.717, 1.165) is 4.90 Å². The van der Waals surface area contributed by atoms with Crippen LogP contribution in [0.3, 0.4) is 0 Å². The fourth-order valence-electron chi connectivity index (χ4n) is 1.05. The van der Waals surface area contributed by atoms with Crippen LogP contribution in [0.5, 0.6) is 0 Å². The third-order valence-electron chi connectivity index (χ3n) is 1.68. The monoisotopic (exact) mass is 205 g/mol. The second kappa shape index (κ2) is 4.33. The fraction of sp³-hybridized carbons (Fsp3) is 0.571. The summed E-state index contributed by atoms with van der Waals surface area (Å²) in [5.41, 5.74) is 0. The van der Waals surface area contributed by atoms with Gasteiger partial charge in [0.25, 0.3) is 0 Å². The molecule has 0 N–H and O–H groups in total. The highest BCUT2D eigenvalue weighted by atomic mass is 31.0. The van der Waals surface area contributed by atoms with Crippen molar-refractivity contribution in [2.75, 3.05) is 12.9 Å². The number of nitrogens with zero attached hydrogens (tertiary/aromatic N) is 1. The predicted octanol–water partition coefficient (Wildman–Crippen LogP) is -0.489. The average molecular weight is 205 g/mol. The van der Waals surface area contributed by atoms with Crippen LogP contribution in [0.15, 0.2) is 0 Å². The average Bonchev–Trinajstić information content (AvgIpc) is 2.46. The molecule has 0 aromatic rings. The molecule has 1 heterocycles. The number of hydrogen-bond donors (Lipinski definition) is 0. The normalized spacial score (nSPS) is 18.5. The van der Waals surface area contributed by atoms with Gasteiger partial charge in [0.15, 0.2) is 0 Å². The lowest BCUT2D eigenvalue weighted by molar-refractivity contribution is -0.150. The molecule has 0 bridgehead atoms. The molecule has 0 radical (unpaired) electrons. The van der Waals surface area contributed by atoms with E-state index < -0.39 is 5.97 Å². The minimum Gasteiger partial charge on any atom is -0.460 e. The maximum atomic E-state index is 11.1. The van der Waals surface area contributed by atoms with E-state index in [2.05, 4.69) is 4.74 Å². The van der Waals surface area contributed by atoms with Crippen molar-refractivity contribution in [3.8, 4) is 0 Å². The smallest absolute Gasteiger partial charge is 0.326 e. The summed E-state index contributed by atoms with van der Waals surface area (Å²) in [5, 5.41) is 0. The van der Waals surface area contributed by atoms with Crippen molar-refractivity contribution in [2.24, 2.45) is 0 Å². The highest BCUT2D eigenvalue weighted by Crippen LogP contribution is 2.11. The molecule has 1 atom stereocenters. The van der Waals surface area contributed by atoms with Crippen molar-refractivity contribution in [1.29, 1.82) is 1.28 Å². The Bertz CT molecular complexity index is 254. The molecule has 0 saturated carbocycles. The zero-order valence-electron chi connectivity index (χ0n) is 7.91. The molecule has 1 aliphatic heterocycles. The van der Waals surface area contributed by atoms with Gasteiger partial charge in [-0.1, -0.05) is 9.18 Å². The van der Waals surface area contributed by atoms with Crippen LogP contribution in [-0.4, -0.2) is 36.9 Å². The van der Waals surface area contributed by atoms with E-state index in [1.807, 2.05) is 0 Å². The van der Waals surface area contributed by atoms with Crippen molar-refractivity contribution in [1.82, 2.24) is 4.90 Å². The Morgan fingerprint density at radius 3 is 2.69 bits per heavy atom. The summed E-state index contributed by atoms with van der Waals surface area (Å²) in [4.78, 5) is 34.0. The van der Waals surface area contributed by atoms with E-state index in [4.69, 9.17) is 1.28 Å². The summed E-state index contributed by atoms with van der Waals surface area (Å²) >= 11 is 0. The Hall–Kier alpha value is -0.960. The molecule has 1 unspecified atom stereocenters. The molecule has 0 aromatic heterocycles. The van der Waals surface area contributed by atoms with E-state index >= 15 is 0 Å². The van der Waals surface area contributed by atoms with Crippen LogP contribution in [0.2, 0.25) is 0 Å². The first kappa shape index (κ1) is 8.63. The minimum atomic E-state index is -0.631. The quantitative estimate of drug-likeness (QED) is 0.353. The molecule has 0 spiro atoms. The Kier molecular flexibility index (Phi) is 2.87. The summed E-state index contributed by atoms with van der Waals surface area (Å²) in [5.74, 6) is -1.30. The molecular formula is C7H10NO4P. The molecule has 1 aliphatic rings. The number of ether oxygens (including phenoxy) is 1. The number of likely N-dealkylation sites (tertiary alicyclic amines) is 1. The zero-order chi connectivity index (χ0) is 10.6. The van der Waals surface area contributed by atoms with Gasteiger partial charge < -0.3 is 4.74 Å². The van der Waals surface area contributed by atoms with E-state index in [0.29, 0.717) is 0 Å². The Morgan fingerprint density at radius 1 is 1.54 bits per heavy atom. The van der Waals surface area contributed by atoms with Crippen molar-refractivity contribution in [2.45, 2.75) is 12.8 Å². The van der Waals surface area contributed by atoms with Crippen molar-refractivity contribution in [3.63, 3.8) is 0 Å². The fourth-order valence-corrected chi connectivity index (χ4v) is 1.22. The van der Waals surface area contributed by atoms with Crippen molar-refractivity contribution < 1.29 is 19.1 Å². The van der Waals surface area contributed by atoms with E-state index in [-0.39, 0.29) is 46.7 Å². The molecule has 72 valence electrons. The maximum Gasteiger partial charge on any atom is 0.326 e. The van der Waals surface area contributed by atoms with Gasteiger partial charge in [-0.05, 0) is 0 Å². The van der Waals surface area contributed by atoms with Gasteiger partial charge in [-0.15, -0.1) is 0 Å². The molecule has 5 nitrogen and oxygen atoms in total. The van der Waals surface area contributed by atoms with Gasteiger partial charge in [0.2, 0.25) is 11.8 Å². The van der Waals surface area contributed by atoms with Crippen LogP contribution in [0, 0.1) is 0 Å². The molecule has 1 rings (SSSR count). The van der Waals surface area contributed by atoms with Crippen LogP contribution in [0.1, 0.15) is 12.8 Å². The Morgan fingerprint density at radius 2 is 2.15 bits per heavy atom. The summed E-state index contributed by atoms with van der Waals surface area (Å²) in [7, 11) is -0.230. The number of carbonyl (C=O) groups excluding carboxylic acids is 3. The van der Waals surface area contributed by atoms with Gasteiger partial charge in [0, 0.05) is 12.8 Å². The van der Waals surface area contributed by atoms with Crippen LogP contribution in [0.4, 0.5) is 0 Å². The number of carbonyl (C=O) groups is 3. The third-order valence-corrected chi connectivity index (χ3v) is 1.82. The standard InChI is InChI=1S/C7H10NO4P/c9-5-1-2-6(10)8(5)3-7(11)12-4-13/h1-4,13H2/i13T. The molecule has 0 aliphatic carbocycles. The van der Waals surface area contributed by atoms with Gasteiger partial charge >= 0.3 is 5.97 Å². The van der Waals surface area contributed by atoms with Crippen molar-refractivity contribution >= 4 is 27.0 Å². The molecule has 1 fully saturated rings. The van der Waals surface area contributed by atoms with Crippen LogP contribution < -0.4 is 0 Å². The molecule has 13 heavy (non-hydrogen) atoms. The van der Waals surface area contributed by atoms with Gasteiger partial charge in [0.05, 0.1) is 1.28 Å². The van der Waals surface area contributed by atoms with Gasteiger partial charge in [-0.25, -0.2) is 0 Å². The molecule has 1 saturated heterocycles. The number of amides is 2. The van der Waals surface area contributed by atoms with Gasteiger partial charge in [-0.2, -0.15) is 0 Å². The topological polar surface area (TPSA) is 63.7 Å². The summed E-state index contributed by atoms with van der Waals surface area (Å²) in [6.07, 6.45) is 0.369. The van der Waals surface area contributed by atoms with Gasteiger partial charge in [-0.3, -0.25) is 19.3 Å². The number of imide groups is 1. The first-order valence-corrected chi connectivity index (χ1v) is 4.49. The lowest BCUT2D eigenvalue weighted by Crippen LogP contribution is -2.35.